The second kappa shape index (κ2) is 6.92. The molecule has 0 atom stereocenters. The third kappa shape index (κ3) is 3.33. The van der Waals surface area contributed by atoms with Crippen molar-refractivity contribution in [1.82, 2.24) is 0 Å². The smallest absolute Gasteiger partial charge is 0.163 e. The summed E-state index contributed by atoms with van der Waals surface area (Å²) in [7, 11) is 0. The summed E-state index contributed by atoms with van der Waals surface area (Å²) >= 11 is 0. The highest BCUT2D eigenvalue weighted by molar-refractivity contribution is 6.00. The van der Waals surface area contributed by atoms with E-state index < -0.39 is 0 Å². The van der Waals surface area contributed by atoms with Gasteiger partial charge in [0.05, 0.1) is 0 Å². The minimum atomic E-state index is 0.226. The summed E-state index contributed by atoms with van der Waals surface area (Å²) in [5.74, 6) is 1.31. The standard InChI is InChI=1S/C24H22O3/c1-15-12-19(25)7-9-21(15)22-5-3-4-18(16(22)2)14-27-20-8-10-23-17(13-20)6-11-24(23)26/h3-5,7-10,12-13,25H,6,11,14H2,1-2H3. The quantitative estimate of drug-likeness (QED) is 0.681. The number of phenols is 1. The number of carbonyl (C=O) groups excluding carboxylic acids is 1. The fourth-order valence-corrected chi connectivity index (χ4v) is 3.76. The molecule has 0 aliphatic heterocycles. The van der Waals surface area contributed by atoms with Gasteiger partial charge in [-0.1, -0.05) is 24.3 Å². The van der Waals surface area contributed by atoms with Gasteiger partial charge in [-0.15, -0.1) is 0 Å². The molecule has 1 aliphatic carbocycles. The van der Waals surface area contributed by atoms with Crippen LogP contribution in [0.2, 0.25) is 0 Å². The Kier molecular flexibility index (Phi) is 4.44. The van der Waals surface area contributed by atoms with E-state index in [0.29, 0.717) is 13.0 Å². The van der Waals surface area contributed by atoms with Crippen molar-refractivity contribution in [2.24, 2.45) is 0 Å². The molecule has 3 heteroatoms. The van der Waals surface area contributed by atoms with Crippen LogP contribution in [0.25, 0.3) is 11.1 Å². The molecular formula is C24H22O3. The van der Waals surface area contributed by atoms with Crippen LogP contribution in [-0.4, -0.2) is 10.9 Å². The Hall–Kier alpha value is -3.07. The van der Waals surface area contributed by atoms with Gasteiger partial charge < -0.3 is 9.84 Å². The van der Waals surface area contributed by atoms with E-state index in [1.165, 1.54) is 5.56 Å². The lowest BCUT2D eigenvalue weighted by atomic mass is 9.94. The lowest BCUT2D eigenvalue weighted by Gasteiger charge is -2.15. The van der Waals surface area contributed by atoms with Gasteiger partial charge in [0.1, 0.15) is 18.1 Å². The predicted octanol–water partition coefficient (Wildman–Crippen LogP) is 5.38. The summed E-state index contributed by atoms with van der Waals surface area (Å²) in [5, 5.41) is 9.66. The molecule has 0 heterocycles. The molecule has 0 radical (unpaired) electrons. The van der Waals surface area contributed by atoms with Crippen molar-refractivity contribution in [3.8, 4) is 22.6 Å². The molecule has 0 aromatic heterocycles. The normalized spacial score (nSPS) is 12.9. The summed E-state index contributed by atoms with van der Waals surface area (Å²) in [6, 6.07) is 17.4. The summed E-state index contributed by atoms with van der Waals surface area (Å²) in [4.78, 5) is 11.8. The number of ether oxygens (including phenoxy) is 1. The zero-order valence-corrected chi connectivity index (χ0v) is 15.6. The molecule has 3 aromatic carbocycles. The van der Waals surface area contributed by atoms with Crippen LogP contribution in [0.15, 0.2) is 54.6 Å². The topological polar surface area (TPSA) is 46.5 Å². The Balaban J connectivity index is 1.58. The number of phenolic OH excluding ortho intramolecular Hbond substituents is 1. The van der Waals surface area contributed by atoms with E-state index in [1.807, 2.05) is 37.3 Å². The highest BCUT2D eigenvalue weighted by atomic mass is 16.5. The second-order valence-corrected chi connectivity index (χ2v) is 7.12. The SMILES string of the molecule is Cc1cc(O)ccc1-c1cccc(COc2ccc3c(c2)CCC3=O)c1C. The first-order valence-electron chi connectivity index (χ1n) is 9.20. The molecule has 1 N–H and O–H groups in total. The highest BCUT2D eigenvalue weighted by Gasteiger charge is 2.19. The number of aryl methyl sites for hydroxylation is 2. The van der Waals surface area contributed by atoms with Crippen LogP contribution in [0.1, 0.15) is 39.0 Å². The van der Waals surface area contributed by atoms with Crippen molar-refractivity contribution in [3.63, 3.8) is 0 Å². The van der Waals surface area contributed by atoms with Gasteiger partial charge in [0.15, 0.2) is 5.78 Å². The van der Waals surface area contributed by atoms with Crippen molar-refractivity contribution in [3.05, 3.63) is 82.4 Å². The van der Waals surface area contributed by atoms with Gasteiger partial charge in [0.25, 0.3) is 0 Å². The number of hydrogen-bond donors (Lipinski definition) is 1. The van der Waals surface area contributed by atoms with E-state index >= 15 is 0 Å². The van der Waals surface area contributed by atoms with Crippen LogP contribution in [0.4, 0.5) is 0 Å². The molecule has 3 aromatic rings. The summed E-state index contributed by atoms with van der Waals surface area (Å²) < 4.78 is 6.02. The van der Waals surface area contributed by atoms with Crippen LogP contribution >= 0.6 is 0 Å². The van der Waals surface area contributed by atoms with Crippen LogP contribution < -0.4 is 4.74 Å². The molecule has 0 fully saturated rings. The van der Waals surface area contributed by atoms with E-state index in [9.17, 15) is 9.90 Å². The lowest BCUT2D eigenvalue weighted by molar-refractivity contribution is 0.0994. The second-order valence-electron chi connectivity index (χ2n) is 7.12. The maximum Gasteiger partial charge on any atom is 0.163 e. The van der Waals surface area contributed by atoms with Gasteiger partial charge in [0, 0.05) is 12.0 Å². The Morgan fingerprint density at radius 1 is 0.926 bits per heavy atom. The van der Waals surface area contributed by atoms with Crippen LogP contribution in [0.5, 0.6) is 11.5 Å². The van der Waals surface area contributed by atoms with Crippen LogP contribution in [-0.2, 0) is 13.0 Å². The Labute approximate surface area is 159 Å². The third-order valence-electron chi connectivity index (χ3n) is 5.34. The van der Waals surface area contributed by atoms with E-state index in [2.05, 4.69) is 19.1 Å². The molecule has 3 nitrogen and oxygen atoms in total. The zero-order valence-electron chi connectivity index (χ0n) is 15.6. The first kappa shape index (κ1) is 17.3. The van der Waals surface area contributed by atoms with Crippen molar-refractivity contribution in [1.29, 1.82) is 0 Å². The molecule has 0 spiro atoms. The molecule has 0 saturated carbocycles. The summed E-state index contributed by atoms with van der Waals surface area (Å²) in [6.45, 7) is 4.58. The first-order chi connectivity index (χ1) is 13.0. The van der Waals surface area contributed by atoms with Crippen molar-refractivity contribution in [2.75, 3.05) is 0 Å². The highest BCUT2D eigenvalue weighted by Crippen LogP contribution is 2.31. The average Bonchev–Trinajstić information content (AvgIpc) is 3.02. The molecule has 1 aliphatic rings. The Bertz CT molecular complexity index is 1030. The molecule has 27 heavy (non-hydrogen) atoms. The van der Waals surface area contributed by atoms with E-state index in [4.69, 9.17) is 4.74 Å². The van der Waals surface area contributed by atoms with Crippen molar-refractivity contribution < 1.29 is 14.6 Å². The summed E-state index contributed by atoms with van der Waals surface area (Å²) in [5.41, 5.74) is 7.51. The number of Topliss-reactive ketones (excluding diaryl/α,β-unsaturated/α-hetero) is 1. The molecule has 0 unspecified atom stereocenters. The van der Waals surface area contributed by atoms with Gasteiger partial charge in [-0.25, -0.2) is 0 Å². The first-order valence-corrected chi connectivity index (χ1v) is 9.20. The summed E-state index contributed by atoms with van der Waals surface area (Å²) in [6.07, 6.45) is 1.41. The minimum absolute atomic E-state index is 0.226. The van der Waals surface area contributed by atoms with E-state index in [0.717, 1.165) is 45.6 Å². The number of carbonyl (C=O) groups is 1. The van der Waals surface area contributed by atoms with Gasteiger partial charge in [-0.3, -0.25) is 4.79 Å². The third-order valence-corrected chi connectivity index (χ3v) is 5.34. The largest absolute Gasteiger partial charge is 0.508 e. The number of rotatable bonds is 4. The van der Waals surface area contributed by atoms with Crippen molar-refractivity contribution in [2.45, 2.75) is 33.3 Å². The lowest BCUT2D eigenvalue weighted by Crippen LogP contribution is -2.00. The number of aromatic hydroxyl groups is 1. The van der Waals surface area contributed by atoms with E-state index in [-0.39, 0.29) is 11.5 Å². The predicted molar refractivity (Wildman–Crippen MR) is 106 cm³/mol. The number of fused-ring (bicyclic) bond motifs is 1. The molecule has 4 rings (SSSR count). The van der Waals surface area contributed by atoms with E-state index in [1.54, 1.807) is 12.1 Å². The van der Waals surface area contributed by atoms with Crippen molar-refractivity contribution >= 4 is 5.78 Å². The van der Waals surface area contributed by atoms with Crippen LogP contribution in [0.3, 0.4) is 0 Å². The maximum absolute atomic E-state index is 11.8. The molecule has 0 bridgehead atoms. The Morgan fingerprint density at radius 3 is 2.56 bits per heavy atom. The maximum atomic E-state index is 11.8. The number of hydrogen-bond acceptors (Lipinski definition) is 3. The molecular weight excluding hydrogens is 336 g/mol. The molecule has 136 valence electrons. The Morgan fingerprint density at radius 2 is 1.74 bits per heavy atom. The van der Waals surface area contributed by atoms with Crippen LogP contribution in [0, 0.1) is 13.8 Å². The molecule has 0 saturated heterocycles. The number of ketones is 1. The van der Waals surface area contributed by atoms with Gasteiger partial charge >= 0.3 is 0 Å². The monoisotopic (exact) mass is 358 g/mol. The van der Waals surface area contributed by atoms with Gasteiger partial charge in [0.2, 0.25) is 0 Å². The van der Waals surface area contributed by atoms with Gasteiger partial charge in [-0.05, 0) is 84.0 Å². The van der Waals surface area contributed by atoms with Gasteiger partial charge in [-0.2, -0.15) is 0 Å². The molecule has 0 amide bonds. The minimum Gasteiger partial charge on any atom is -0.508 e. The fourth-order valence-electron chi connectivity index (χ4n) is 3.76. The zero-order chi connectivity index (χ0) is 19.0. The average molecular weight is 358 g/mol. The number of benzene rings is 3. The fraction of sp³-hybridized carbons (Fsp3) is 0.208.